The fourth-order valence-corrected chi connectivity index (χ4v) is 2.21. The maximum atomic E-state index is 11.5. The lowest BCUT2D eigenvalue weighted by Gasteiger charge is -2.22. The van der Waals surface area contributed by atoms with Gasteiger partial charge in [-0.15, -0.1) is 0 Å². The molecule has 0 spiro atoms. The maximum Gasteiger partial charge on any atom is 0.349 e. The molecule has 2 aromatic rings. The Labute approximate surface area is 103 Å². The molecule has 2 heterocycles. The van der Waals surface area contributed by atoms with Crippen LogP contribution in [-0.2, 0) is 0 Å². The van der Waals surface area contributed by atoms with E-state index in [0.29, 0.717) is 24.1 Å². The minimum absolute atomic E-state index is 0.0930. The van der Waals surface area contributed by atoms with Gasteiger partial charge in [0.1, 0.15) is 11.6 Å². The summed E-state index contributed by atoms with van der Waals surface area (Å²) in [5.41, 5.74) is 0.285. The summed E-state index contributed by atoms with van der Waals surface area (Å²) in [6.45, 7) is 2.43. The third kappa shape index (κ3) is 1.76. The second kappa shape index (κ2) is 4.09. The average molecular weight is 249 g/mol. The number of fused-ring (bicyclic) bond motifs is 1. The largest absolute Gasteiger partial charge is 0.395 e. The molecule has 7 nitrogen and oxygen atoms in total. The third-order valence-electron chi connectivity index (χ3n) is 3.18. The van der Waals surface area contributed by atoms with Crippen molar-refractivity contribution in [2.24, 2.45) is 0 Å². The summed E-state index contributed by atoms with van der Waals surface area (Å²) >= 11 is 0. The van der Waals surface area contributed by atoms with Crippen molar-refractivity contribution in [3.05, 3.63) is 22.4 Å². The molecule has 0 amide bonds. The molecule has 7 heteroatoms. The molecule has 0 unspecified atom stereocenters. The first-order valence-electron chi connectivity index (χ1n) is 6.03. The Morgan fingerprint density at radius 2 is 2.39 bits per heavy atom. The van der Waals surface area contributed by atoms with E-state index < -0.39 is 0 Å². The van der Waals surface area contributed by atoms with Crippen LogP contribution in [0.4, 0.5) is 5.82 Å². The lowest BCUT2D eigenvalue weighted by Crippen LogP contribution is -2.30. The van der Waals surface area contributed by atoms with Crippen molar-refractivity contribution in [3.63, 3.8) is 0 Å². The van der Waals surface area contributed by atoms with Crippen LogP contribution in [0.3, 0.4) is 0 Å². The minimum Gasteiger partial charge on any atom is -0.395 e. The van der Waals surface area contributed by atoms with Crippen molar-refractivity contribution >= 4 is 11.5 Å². The summed E-state index contributed by atoms with van der Waals surface area (Å²) in [5, 5.41) is 15.5. The fraction of sp³-hybridized carbons (Fsp3) is 0.545. The number of aliphatic hydroxyl groups excluding tert-OH is 1. The summed E-state index contributed by atoms with van der Waals surface area (Å²) in [6, 6.07) is 2.23. The highest BCUT2D eigenvalue weighted by molar-refractivity contribution is 5.52. The molecule has 1 saturated carbocycles. The highest BCUT2D eigenvalue weighted by Crippen LogP contribution is 2.30. The Kier molecular flexibility index (Phi) is 2.55. The van der Waals surface area contributed by atoms with Crippen LogP contribution in [0.15, 0.2) is 10.9 Å². The van der Waals surface area contributed by atoms with Gasteiger partial charge >= 0.3 is 5.69 Å². The molecular weight excluding hydrogens is 234 g/mol. The van der Waals surface area contributed by atoms with Crippen LogP contribution in [-0.4, -0.2) is 43.9 Å². The second-order valence-electron chi connectivity index (χ2n) is 4.53. The predicted octanol–water partition coefficient (Wildman–Crippen LogP) is -0.313. The van der Waals surface area contributed by atoms with Crippen molar-refractivity contribution in [2.75, 3.05) is 18.1 Å². The van der Waals surface area contributed by atoms with Crippen LogP contribution in [0, 0.1) is 6.92 Å². The Morgan fingerprint density at radius 3 is 3.06 bits per heavy atom. The zero-order valence-electron chi connectivity index (χ0n) is 10.1. The SMILES string of the molecule is Cc1nc(N(CCO)C2CC2)cc2n[nH]c(=O)n12. The van der Waals surface area contributed by atoms with E-state index in [9.17, 15) is 4.79 Å². The zero-order chi connectivity index (χ0) is 12.7. The quantitative estimate of drug-likeness (QED) is 0.776. The number of nitrogens with one attached hydrogen (secondary N) is 1. The van der Waals surface area contributed by atoms with E-state index in [-0.39, 0.29) is 12.3 Å². The van der Waals surface area contributed by atoms with Crippen molar-refractivity contribution < 1.29 is 5.11 Å². The fourth-order valence-electron chi connectivity index (χ4n) is 2.21. The number of aromatic nitrogens is 4. The Bertz CT molecular complexity index is 628. The van der Waals surface area contributed by atoms with Crippen LogP contribution in [0.2, 0.25) is 0 Å². The minimum atomic E-state index is -0.276. The van der Waals surface area contributed by atoms with E-state index in [4.69, 9.17) is 5.11 Å². The molecule has 1 fully saturated rings. The molecule has 0 aromatic carbocycles. The number of hydrogen-bond acceptors (Lipinski definition) is 5. The van der Waals surface area contributed by atoms with Crippen LogP contribution >= 0.6 is 0 Å². The number of anilines is 1. The molecule has 0 atom stereocenters. The topological polar surface area (TPSA) is 86.5 Å². The van der Waals surface area contributed by atoms with E-state index in [2.05, 4.69) is 20.1 Å². The number of aromatic amines is 1. The van der Waals surface area contributed by atoms with Gasteiger partial charge in [0.15, 0.2) is 5.65 Å². The standard InChI is InChI=1S/C11H15N5O2/c1-7-12-9(15(4-5-17)8-2-3-8)6-10-13-14-11(18)16(7)10/h6,8,17H,2-5H2,1H3,(H,14,18). The van der Waals surface area contributed by atoms with Gasteiger partial charge in [-0.3, -0.25) is 0 Å². The first-order chi connectivity index (χ1) is 8.70. The third-order valence-corrected chi connectivity index (χ3v) is 3.18. The molecule has 0 bridgehead atoms. The molecular formula is C11H15N5O2. The van der Waals surface area contributed by atoms with Gasteiger partial charge in [0, 0.05) is 18.7 Å². The molecule has 2 N–H and O–H groups in total. The summed E-state index contributed by atoms with van der Waals surface area (Å²) in [6.07, 6.45) is 2.25. The normalized spacial score (nSPS) is 15.2. The van der Waals surface area contributed by atoms with Crippen molar-refractivity contribution in [1.29, 1.82) is 0 Å². The highest BCUT2D eigenvalue weighted by Gasteiger charge is 2.30. The van der Waals surface area contributed by atoms with E-state index in [1.807, 2.05) is 0 Å². The lowest BCUT2D eigenvalue weighted by molar-refractivity contribution is 0.301. The molecule has 3 rings (SSSR count). The number of hydrogen-bond donors (Lipinski definition) is 2. The van der Waals surface area contributed by atoms with Crippen molar-refractivity contribution in [3.8, 4) is 0 Å². The molecule has 0 aliphatic heterocycles. The number of aliphatic hydroxyl groups is 1. The molecule has 96 valence electrons. The van der Waals surface area contributed by atoms with E-state index in [1.54, 1.807) is 13.0 Å². The monoisotopic (exact) mass is 249 g/mol. The average Bonchev–Trinajstić information content (AvgIpc) is 3.10. The van der Waals surface area contributed by atoms with Gasteiger partial charge in [-0.05, 0) is 19.8 Å². The number of aryl methyl sites for hydroxylation is 1. The lowest BCUT2D eigenvalue weighted by atomic mass is 10.4. The first kappa shape index (κ1) is 11.2. The van der Waals surface area contributed by atoms with Gasteiger partial charge in [-0.1, -0.05) is 0 Å². The molecule has 18 heavy (non-hydrogen) atoms. The molecule has 1 aliphatic carbocycles. The Hall–Kier alpha value is -1.89. The second-order valence-corrected chi connectivity index (χ2v) is 4.53. The summed E-state index contributed by atoms with van der Waals surface area (Å²) in [7, 11) is 0. The van der Waals surface area contributed by atoms with E-state index in [0.717, 1.165) is 18.7 Å². The van der Waals surface area contributed by atoms with Crippen molar-refractivity contribution in [1.82, 2.24) is 19.6 Å². The molecule has 0 radical (unpaired) electrons. The van der Waals surface area contributed by atoms with Gasteiger partial charge in [-0.25, -0.2) is 19.3 Å². The van der Waals surface area contributed by atoms with Gasteiger partial charge in [0.2, 0.25) is 0 Å². The summed E-state index contributed by atoms with van der Waals surface area (Å²) in [4.78, 5) is 18.0. The number of nitrogens with zero attached hydrogens (tertiary/aromatic N) is 4. The predicted molar refractivity (Wildman–Crippen MR) is 65.8 cm³/mol. The zero-order valence-corrected chi connectivity index (χ0v) is 10.1. The maximum absolute atomic E-state index is 11.5. The number of H-pyrrole nitrogens is 1. The number of rotatable bonds is 4. The summed E-state index contributed by atoms with van der Waals surface area (Å²) < 4.78 is 1.44. The highest BCUT2D eigenvalue weighted by atomic mass is 16.3. The van der Waals surface area contributed by atoms with Gasteiger partial charge in [0.25, 0.3) is 0 Å². The van der Waals surface area contributed by atoms with Crippen molar-refractivity contribution in [2.45, 2.75) is 25.8 Å². The van der Waals surface area contributed by atoms with Crippen LogP contribution < -0.4 is 10.6 Å². The smallest absolute Gasteiger partial charge is 0.349 e. The van der Waals surface area contributed by atoms with Gasteiger partial charge < -0.3 is 10.0 Å². The van der Waals surface area contributed by atoms with E-state index in [1.165, 1.54) is 4.40 Å². The molecule has 0 saturated heterocycles. The molecule has 1 aliphatic rings. The van der Waals surface area contributed by atoms with Crippen LogP contribution in [0.5, 0.6) is 0 Å². The van der Waals surface area contributed by atoms with Crippen LogP contribution in [0.25, 0.3) is 5.65 Å². The van der Waals surface area contributed by atoms with Gasteiger partial charge in [-0.2, -0.15) is 5.10 Å². The van der Waals surface area contributed by atoms with Gasteiger partial charge in [0.05, 0.1) is 6.61 Å². The summed E-state index contributed by atoms with van der Waals surface area (Å²) in [5.74, 6) is 1.38. The first-order valence-corrected chi connectivity index (χ1v) is 6.03. The van der Waals surface area contributed by atoms with Crippen LogP contribution in [0.1, 0.15) is 18.7 Å². The Morgan fingerprint density at radius 1 is 1.61 bits per heavy atom. The molecule has 2 aromatic heterocycles. The van der Waals surface area contributed by atoms with E-state index >= 15 is 0 Å². The Balaban J connectivity index is 2.08.